The Kier molecular flexibility index (Phi) is 7.77. The van der Waals surface area contributed by atoms with Crippen molar-refractivity contribution in [2.75, 3.05) is 46.4 Å². The van der Waals surface area contributed by atoms with Gasteiger partial charge in [-0.2, -0.15) is 0 Å². The first-order chi connectivity index (χ1) is 13.8. The normalized spacial score (nSPS) is 20.0. The van der Waals surface area contributed by atoms with Crippen LogP contribution in [0.2, 0.25) is 0 Å². The number of para-hydroxylation sites is 1. The number of nitrogens with one attached hydrogen (secondary N) is 2. The van der Waals surface area contributed by atoms with Crippen molar-refractivity contribution in [2.45, 2.75) is 25.4 Å². The van der Waals surface area contributed by atoms with Crippen LogP contribution < -0.4 is 5.32 Å². The van der Waals surface area contributed by atoms with Gasteiger partial charge in [0.2, 0.25) is 0 Å². The zero-order valence-electron chi connectivity index (χ0n) is 16.9. The van der Waals surface area contributed by atoms with Crippen molar-refractivity contribution in [1.82, 2.24) is 20.1 Å². The molecule has 0 aliphatic carbocycles. The van der Waals surface area contributed by atoms with E-state index in [-0.39, 0.29) is 36.0 Å². The predicted molar refractivity (Wildman–Crippen MR) is 126 cm³/mol. The summed E-state index contributed by atoms with van der Waals surface area (Å²) < 4.78 is 5.54. The molecule has 1 amide bonds. The SMILES string of the molecule is CN=C(NCCc1c[nH]c2ccccc12)N1CCN(C(=O)C2CCCO2)CC1.I. The molecule has 2 fully saturated rings. The maximum Gasteiger partial charge on any atom is 0.251 e. The van der Waals surface area contributed by atoms with Gasteiger partial charge >= 0.3 is 0 Å². The molecule has 1 unspecified atom stereocenters. The Morgan fingerprint density at radius 2 is 2.00 bits per heavy atom. The second kappa shape index (κ2) is 10.3. The number of fused-ring (bicyclic) bond motifs is 1. The van der Waals surface area contributed by atoms with Gasteiger partial charge in [-0.25, -0.2) is 0 Å². The van der Waals surface area contributed by atoms with Gasteiger partial charge < -0.3 is 24.8 Å². The number of carbonyl (C=O) groups excluding carboxylic acids is 1. The van der Waals surface area contributed by atoms with Crippen LogP contribution in [0.25, 0.3) is 10.9 Å². The van der Waals surface area contributed by atoms with Crippen LogP contribution in [0.15, 0.2) is 35.5 Å². The van der Waals surface area contributed by atoms with Crippen molar-refractivity contribution in [3.05, 3.63) is 36.0 Å². The number of piperazine rings is 1. The number of aliphatic imine (C=N–C) groups is 1. The van der Waals surface area contributed by atoms with Crippen molar-refractivity contribution in [3.8, 4) is 0 Å². The molecule has 2 N–H and O–H groups in total. The van der Waals surface area contributed by atoms with E-state index in [1.807, 2.05) is 18.0 Å². The molecule has 29 heavy (non-hydrogen) atoms. The first-order valence-corrected chi connectivity index (χ1v) is 10.2. The third kappa shape index (κ3) is 5.03. The third-order valence-electron chi connectivity index (χ3n) is 5.66. The van der Waals surface area contributed by atoms with E-state index in [1.165, 1.54) is 16.5 Å². The molecule has 7 nitrogen and oxygen atoms in total. The van der Waals surface area contributed by atoms with E-state index in [1.54, 1.807) is 0 Å². The molecule has 1 atom stereocenters. The predicted octanol–water partition coefficient (Wildman–Crippen LogP) is 2.23. The summed E-state index contributed by atoms with van der Waals surface area (Å²) in [7, 11) is 1.82. The number of hydrogen-bond acceptors (Lipinski definition) is 3. The zero-order valence-corrected chi connectivity index (χ0v) is 19.2. The number of amides is 1. The van der Waals surface area contributed by atoms with Crippen molar-refractivity contribution in [3.63, 3.8) is 0 Å². The number of nitrogens with zero attached hydrogens (tertiary/aromatic N) is 3. The summed E-state index contributed by atoms with van der Waals surface area (Å²) in [4.78, 5) is 24.4. The van der Waals surface area contributed by atoms with Crippen molar-refractivity contribution in [2.24, 2.45) is 4.99 Å². The molecule has 2 aliphatic rings. The maximum absolute atomic E-state index is 12.5. The topological polar surface area (TPSA) is 73.0 Å². The van der Waals surface area contributed by atoms with E-state index in [9.17, 15) is 4.79 Å². The van der Waals surface area contributed by atoms with E-state index >= 15 is 0 Å². The Morgan fingerprint density at radius 1 is 1.24 bits per heavy atom. The first kappa shape index (κ1) is 21.9. The Labute approximate surface area is 188 Å². The van der Waals surface area contributed by atoms with Crippen molar-refractivity contribution >= 4 is 46.7 Å². The van der Waals surface area contributed by atoms with E-state index in [0.29, 0.717) is 6.61 Å². The molecule has 1 aromatic heterocycles. The molecule has 1 aromatic carbocycles. The number of ether oxygens (including phenoxy) is 1. The Bertz CT molecular complexity index is 838. The van der Waals surface area contributed by atoms with Crippen LogP contribution >= 0.6 is 24.0 Å². The standard InChI is InChI=1S/C21H29N5O2.HI/c1-22-21(23-9-8-16-15-24-18-6-3-2-5-17(16)18)26-12-10-25(11-13-26)20(27)19-7-4-14-28-19;/h2-3,5-6,15,19,24H,4,7-14H2,1H3,(H,22,23);1H. The maximum atomic E-state index is 12.5. The molecule has 0 radical (unpaired) electrons. The number of aromatic amines is 1. The van der Waals surface area contributed by atoms with Gasteiger partial charge in [0.15, 0.2) is 5.96 Å². The summed E-state index contributed by atoms with van der Waals surface area (Å²) in [6, 6.07) is 8.37. The van der Waals surface area contributed by atoms with E-state index in [0.717, 1.165) is 57.9 Å². The number of guanidine groups is 1. The average Bonchev–Trinajstić information content (AvgIpc) is 3.41. The number of aromatic nitrogens is 1. The second-order valence-corrected chi connectivity index (χ2v) is 7.40. The lowest BCUT2D eigenvalue weighted by Crippen LogP contribution is -2.55. The Balaban J connectivity index is 0.00000240. The summed E-state index contributed by atoms with van der Waals surface area (Å²) >= 11 is 0. The van der Waals surface area contributed by atoms with Gasteiger partial charge in [0.1, 0.15) is 6.10 Å². The molecule has 2 aliphatic heterocycles. The van der Waals surface area contributed by atoms with Crippen LogP contribution in [0.1, 0.15) is 18.4 Å². The highest BCUT2D eigenvalue weighted by atomic mass is 127. The third-order valence-corrected chi connectivity index (χ3v) is 5.66. The highest BCUT2D eigenvalue weighted by Crippen LogP contribution is 2.18. The van der Waals surface area contributed by atoms with Gasteiger partial charge in [-0.15, -0.1) is 24.0 Å². The summed E-state index contributed by atoms with van der Waals surface area (Å²) in [6.07, 6.45) is 4.64. The van der Waals surface area contributed by atoms with E-state index in [2.05, 4.69) is 44.6 Å². The average molecular weight is 511 g/mol. The monoisotopic (exact) mass is 511 g/mol. The number of hydrogen-bond donors (Lipinski definition) is 2. The van der Waals surface area contributed by atoms with Gasteiger partial charge in [0, 0.05) is 63.5 Å². The minimum Gasteiger partial charge on any atom is -0.368 e. The molecular formula is C21H30IN5O2. The number of H-pyrrole nitrogens is 1. The van der Waals surface area contributed by atoms with Crippen molar-refractivity contribution in [1.29, 1.82) is 0 Å². The molecular weight excluding hydrogens is 481 g/mol. The van der Waals surface area contributed by atoms with Gasteiger partial charge in [-0.3, -0.25) is 9.79 Å². The lowest BCUT2D eigenvalue weighted by molar-refractivity contribution is -0.142. The molecule has 0 bridgehead atoms. The minimum absolute atomic E-state index is 0. The fraction of sp³-hybridized carbons (Fsp3) is 0.524. The quantitative estimate of drug-likeness (QED) is 0.375. The summed E-state index contributed by atoms with van der Waals surface area (Å²) in [5.41, 5.74) is 2.49. The smallest absolute Gasteiger partial charge is 0.251 e. The van der Waals surface area contributed by atoms with Crippen LogP contribution in [-0.2, 0) is 16.0 Å². The zero-order chi connectivity index (χ0) is 19.3. The lowest BCUT2D eigenvalue weighted by atomic mass is 10.1. The Hall–Kier alpha value is -1.81. The molecule has 2 saturated heterocycles. The fourth-order valence-electron chi connectivity index (χ4n) is 4.09. The summed E-state index contributed by atoms with van der Waals surface area (Å²) in [5, 5.41) is 4.75. The minimum atomic E-state index is -0.222. The number of rotatable bonds is 4. The van der Waals surface area contributed by atoms with Crippen molar-refractivity contribution < 1.29 is 9.53 Å². The van der Waals surface area contributed by atoms with Gasteiger partial charge in [-0.1, -0.05) is 18.2 Å². The van der Waals surface area contributed by atoms with Crippen LogP contribution in [0, 0.1) is 0 Å². The fourth-order valence-corrected chi connectivity index (χ4v) is 4.09. The van der Waals surface area contributed by atoms with Crippen LogP contribution in [-0.4, -0.2) is 79.1 Å². The molecule has 0 spiro atoms. The molecule has 158 valence electrons. The molecule has 2 aromatic rings. The molecule has 8 heteroatoms. The largest absolute Gasteiger partial charge is 0.368 e. The van der Waals surface area contributed by atoms with Crippen LogP contribution in [0.5, 0.6) is 0 Å². The first-order valence-electron chi connectivity index (χ1n) is 10.2. The van der Waals surface area contributed by atoms with Gasteiger partial charge in [0.25, 0.3) is 5.91 Å². The second-order valence-electron chi connectivity index (χ2n) is 7.40. The van der Waals surface area contributed by atoms with Gasteiger partial charge in [0.05, 0.1) is 0 Å². The highest BCUT2D eigenvalue weighted by molar-refractivity contribution is 14.0. The molecule has 3 heterocycles. The number of carbonyl (C=O) groups is 1. The summed E-state index contributed by atoms with van der Waals surface area (Å²) in [5.74, 6) is 1.06. The summed E-state index contributed by atoms with van der Waals surface area (Å²) in [6.45, 7) is 4.58. The van der Waals surface area contributed by atoms with Crippen LogP contribution in [0.3, 0.4) is 0 Å². The van der Waals surface area contributed by atoms with Crippen LogP contribution in [0.4, 0.5) is 0 Å². The molecule has 4 rings (SSSR count). The van der Waals surface area contributed by atoms with E-state index < -0.39 is 0 Å². The van der Waals surface area contributed by atoms with Gasteiger partial charge in [-0.05, 0) is 30.9 Å². The highest BCUT2D eigenvalue weighted by Gasteiger charge is 2.30. The lowest BCUT2D eigenvalue weighted by Gasteiger charge is -2.37. The molecule has 0 saturated carbocycles. The number of halogens is 1. The number of benzene rings is 1. The Morgan fingerprint density at radius 3 is 2.72 bits per heavy atom. The van der Waals surface area contributed by atoms with E-state index in [4.69, 9.17) is 4.74 Å².